The molecule has 15 heavy (non-hydrogen) atoms. The Morgan fingerprint density at radius 1 is 1.33 bits per heavy atom. The summed E-state index contributed by atoms with van der Waals surface area (Å²) in [4.78, 5) is 4.54. The van der Waals surface area contributed by atoms with E-state index in [1.165, 1.54) is 11.1 Å². The molecule has 0 bridgehead atoms. The molecule has 0 aliphatic carbocycles. The van der Waals surface area contributed by atoms with E-state index in [0.717, 1.165) is 17.8 Å². The SMILES string of the molecule is Cc1nc2cc(CC(C)C)ccc2n1C. The lowest BCUT2D eigenvalue weighted by Gasteiger charge is -2.04. The Morgan fingerprint density at radius 3 is 2.73 bits per heavy atom. The third kappa shape index (κ3) is 1.89. The molecule has 0 aliphatic rings. The maximum Gasteiger partial charge on any atom is 0.106 e. The van der Waals surface area contributed by atoms with Gasteiger partial charge in [-0.1, -0.05) is 19.9 Å². The van der Waals surface area contributed by atoms with Crippen LogP contribution in [0.1, 0.15) is 25.2 Å². The number of hydrogen-bond acceptors (Lipinski definition) is 1. The molecule has 0 saturated carbocycles. The molecule has 0 unspecified atom stereocenters. The number of benzene rings is 1. The second kappa shape index (κ2) is 3.69. The van der Waals surface area contributed by atoms with Crippen molar-refractivity contribution in [3.63, 3.8) is 0 Å². The molecular formula is C13H18N2. The Hall–Kier alpha value is -1.31. The average Bonchev–Trinajstić information content (AvgIpc) is 2.41. The van der Waals surface area contributed by atoms with Gasteiger partial charge in [0, 0.05) is 7.05 Å². The minimum Gasteiger partial charge on any atom is -0.331 e. The van der Waals surface area contributed by atoms with Gasteiger partial charge in [0.25, 0.3) is 0 Å². The molecule has 2 rings (SSSR count). The van der Waals surface area contributed by atoms with E-state index in [1.807, 2.05) is 6.92 Å². The molecule has 0 fully saturated rings. The smallest absolute Gasteiger partial charge is 0.106 e. The van der Waals surface area contributed by atoms with Gasteiger partial charge < -0.3 is 4.57 Å². The van der Waals surface area contributed by atoms with Crippen LogP contribution in [0.3, 0.4) is 0 Å². The van der Waals surface area contributed by atoms with Crippen LogP contribution in [0, 0.1) is 12.8 Å². The first-order chi connectivity index (χ1) is 7.08. The summed E-state index contributed by atoms with van der Waals surface area (Å²) >= 11 is 0. The zero-order chi connectivity index (χ0) is 11.0. The van der Waals surface area contributed by atoms with Gasteiger partial charge in [0.1, 0.15) is 5.82 Å². The fourth-order valence-corrected chi connectivity index (χ4v) is 1.96. The van der Waals surface area contributed by atoms with Crippen LogP contribution in [0.5, 0.6) is 0 Å². The summed E-state index contributed by atoms with van der Waals surface area (Å²) in [7, 11) is 2.06. The molecule has 1 heterocycles. The van der Waals surface area contributed by atoms with Crippen molar-refractivity contribution in [2.75, 3.05) is 0 Å². The maximum absolute atomic E-state index is 4.54. The van der Waals surface area contributed by atoms with Gasteiger partial charge in [-0.25, -0.2) is 4.98 Å². The van der Waals surface area contributed by atoms with Crippen LogP contribution in [0.25, 0.3) is 11.0 Å². The summed E-state index contributed by atoms with van der Waals surface area (Å²) in [5.41, 5.74) is 3.73. The molecule has 0 atom stereocenters. The number of imidazole rings is 1. The molecular weight excluding hydrogens is 184 g/mol. The van der Waals surface area contributed by atoms with Crippen molar-refractivity contribution in [3.8, 4) is 0 Å². The molecule has 0 saturated heterocycles. The van der Waals surface area contributed by atoms with Crippen molar-refractivity contribution in [3.05, 3.63) is 29.6 Å². The normalized spacial score (nSPS) is 11.5. The second-order valence-corrected chi connectivity index (χ2v) is 4.64. The van der Waals surface area contributed by atoms with Crippen LogP contribution >= 0.6 is 0 Å². The number of fused-ring (bicyclic) bond motifs is 1. The molecule has 0 N–H and O–H groups in total. The lowest BCUT2D eigenvalue weighted by atomic mass is 10.0. The number of aryl methyl sites for hydroxylation is 2. The van der Waals surface area contributed by atoms with Crippen LogP contribution in [0.2, 0.25) is 0 Å². The number of aromatic nitrogens is 2. The van der Waals surface area contributed by atoms with Crippen molar-refractivity contribution in [1.82, 2.24) is 9.55 Å². The molecule has 2 heteroatoms. The minimum absolute atomic E-state index is 0.701. The van der Waals surface area contributed by atoms with Gasteiger partial charge >= 0.3 is 0 Å². The van der Waals surface area contributed by atoms with E-state index in [4.69, 9.17) is 0 Å². The summed E-state index contributed by atoms with van der Waals surface area (Å²) in [5.74, 6) is 1.78. The minimum atomic E-state index is 0.701. The molecule has 2 nitrogen and oxygen atoms in total. The molecule has 80 valence electrons. The lowest BCUT2D eigenvalue weighted by molar-refractivity contribution is 0.647. The molecule has 0 spiro atoms. The monoisotopic (exact) mass is 202 g/mol. The van der Waals surface area contributed by atoms with Crippen molar-refractivity contribution in [2.24, 2.45) is 13.0 Å². The topological polar surface area (TPSA) is 17.8 Å². The zero-order valence-electron chi connectivity index (χ0n) is 9.91. The number of nitrogens with zero attached hydrogens (tertiary/aromatic N) is 2. The van der Waals surface area contributed by atoms with E-state index in [0.29, 0.717) is 5.92 Å². The predicted molar refractivity (Wildman–Crippen MR) is 64.0 cm³/mol. The van der Waals surface area contributed by atoms with Crippen LogP contribution < -0.4 is 0 Å². The summed E-state index contributed by atoms with van der Waals surface area (Å²) in [5, 5.41) is 0. The van der Waals surface area contributed by atoms with E-state index in [2.05, 4.69) is 48.6 Å². The van der Waals surface area contributed by atoms with Gasteiger partial charge in [0.2, 0.25) is 0 Å². The van der Waals surface area contributed by atoms with E-state index < -0.39 is 0 Å². The quantitative estimate of drug-likeness (QED) is 0.731. The third-order valence-electron chi connectivity index (χ3n) is 2.81. The number of rotatable bonds is 2. The summed E-state index contributed by atoms with van der Waals surface area (Å²) in [6.45, 7) is 6.53. The van der Waals surface area contributed by atoms with Crippen LogP contribution in [0.4, 0.5) is 0 Å². The van der Waals surface area contributed by atoms with Gasteiger partial charge in [0.15, 0.2) is 0 Å². The predicted octanol–water partition coefficient (Wildman–Crippen LogP) is 3.08. The Bertz CT molecular complexity index is 480. The average molecular weight is 202 g/mol. The van der Waals surface area contributed by atoms with Crippen molar-refractivity contribution >= 4 is 11.0 Å². The van der Waals surface area contributed by atoms with Gasteiger partial charge in [-0.05, 0) is 37.0 Å². The Morgan fingerprint density at radius 2 is 2.07 bits per heavy atom. The highest BCUT2D eigenvalue weighted by Gasteiger charge is 2.05. The van der Waals surface area contributed by atoms with E-state index in [1.54, 1.807) is 0 Å². The highest BCUT2D eigenvalue weighted by molar-refractivity contribution is 5.76. The molecule has 0 amide bonds. The van der Waals surface area contributed by atoms with Gasteiger partial charge in [0.05, 0.1) is 11.0 Å². The van der Waals surface area contributed by atoms with Gasteiger partial charge in [-0.15, -0.1) is 0 Å². The fraction of sp³-hybridized carbons (Fsp3) is 0.462. The van der Waals surface area contributed by atoms with Crippen LogP contribution in [0.15, 0.2) is 18.2 Å². The first-order valence-electron chi connectivity index (χ1n) is 5.50. The summed E-state index contributed by atoms with van der Waals surface area (Å²) in [6, 6.07) is 6.60. The largest absolute Gasteiger partial charge is 0.331 e. The van der Waals surface area contributed by atoms with Crippen molar-refractivity contribution < 1.29 is 0 Å². The molecule has 0 aliphatic heterocycles. The fourth-order valence-electron chi connectivity index (χ4n) is 1.96. The molecule has 1 aromatic carbocycles. The number of hydrogen-bond donors (Lipinski definition) is 0. The summed E-state index contributed by atoms with van der Waals surface area (Å²) < 4.78 is 2.13. The van der Waals surface area contributed by atoms with E-state index >= 15 is 0 Å². The summed E-state index contributed by atoms with van der Waals surface area (Å²) in [6.07, 6.45) is 1.13. The zero-order valence-corrected chi connectivity index (χ0v) is 9.91. The van der Waals surface area contributed by atoms with Crippen molar-refractivity contribution in [2.45, 2.75) is 27.2 Å². The van der Waals surface area contributed by atoms with Crippen LogP contribution in [-0.2, 0) is 13.5 Å². The highest BCUT2D eigenvalue weighted by atomic mass is 15.0. The van der Waals surface area contributed by atoms with E-state index in [9.17, 15) is 0 Å². The van der Waals surface area contributed by atoms with Crippen LogP contribution in [-0.4, -0.2) is 9.55 Å². The first-order valence-corrected chi connectivity index (χ1v) is 5.50. The maximum atomic E-state index is 4.54. The van der Waals surface area contributed by atoms with Crippen molar-refractivity contribution in [1.29, 1.82) is 0 Å². The standard InChI is InChI=1S/C13H18N2/c1-9(2)7-11-5-6-13-12(8-11)14-10(3)15(13)4/h5-6,8-9H,7H2,1-4H3. The first kappa shape index (κ1) is 10.2. The Balaban J connectivity index is 2.47. The molecule has 2 aromatic rings. The van der Waals surface area contributed by atoms with Gasteiger partial charge in [-0.2, -0.15) is 0 Å². The molecule has 1 aromatic heterocycles. The molecule has 0 radical (unpaired) electrons. The third-order valence-corrected chi connectivity index (χ3v) is 2.81. The Kier molecular flexibility index (Phi) is 2.51. The second-order valence-electron chi connectivity index (χ2n) is 4.64. The van der Waals surface area contributed by atoms with Gasteiger partial charge in [-0.3, -0.25) is 0 Å². The Labute approximate surface area is 90.9 Å². The van der Waals surface area contributed by atoms with E-state index in [-0.39, 0.29) is 0 Å². The lowest BCUT2D eigenvalue weighted by Crippen LogP contribution is -1.94. The highest BCUT2D eigenvalue weighted by Crippen LogP contribution is 2.18.